The SMILES string of the molecule is CCN(C(=O)COC(=O)/C=C/c1cccc(C(F)(F)F)c1)c1cccc2ccccc12. The zero-order chi connectivity index (χ0) is 22.4. The molecule has 0 atom stereocenters. The first-order valence-corrected chi connectivity index (χ1v) is 9.60. The van der Waals surface area contributed by atoms with Gasteiger partial charge in [-0.05, 0) is 42.1 Å². The molecule has 3 rings (SSSR count). The molecule has 0 N–H and O–H groups in total. The highest BCUT2D eigenvalue weighted by Crippen LogP contribution is 2.30. The molecule has 0 aliphatic carbocycles. The van der Waals surface area contributed by atoms with Crippen molar-refractivity contribution >= 4 is 34.4 Å². The number of esters is 1. The second kappa shape index (κ2) is 9.47. The lowest BCUT2D eigenvalue weighted by molar-refractivity contribution is -0.142. The monoisotopic (exact) mass is 427 g/mol. The standard InChI is InChI=1S/C24H20F3NO3/c1-2-28(21-12-6-9-18-8-3-4-11-20(18)21)22(29)16-31-23(30)14-13-17-7-5-10-19(15-17)24(25,26)27/h3-15H,2,16H2,1H3/b14-13+. The molecule has 0 saturated carbocycles. The van der Waals surface area contributed by atoms with Crippen molar-refractivity contribution in [1.29, 1.82) is 0 Å². The number of hydrogen-bond donors (Lipinski definition) is 0. The summed E-state index contributed by atoms with van der Waals surface area (Å²) in [6.07, 6.45) is -2.26. The van der Waals surface area contributed by atoms with Gasteiger partial charge in [-0.3, -0.25) is 4.79 Å². The van der Waals surface area contributed by atoms with Gasteiger partial charge in [-0.1, -0.05) is 48.5 Å². The van der Waals surface area contributed by atoms with Gasteiger partial charge in [-0.2, -0.15) is 13.2 Å². The summed E-state index contributed by atoms with van der Waals surface area (Å²) < 4.78 is 43.3. The predicted octanol–water partition coefficient (Wildman–Crippen LogP) is 5.47. The van der Waals surface area contributed by atoms with Gasteiger partial charge in [0.1, 0.15) is 0 Å². The van der Waals surface area contributed by atoms with Crippen LogP contribution in [0.4, 0.5) is 18.9 Å². The minimum Gasteiger partial charge on any atom is -0.452 e. The van der Waals surface area contributed by atoms with Crippen LogP contribution in [0, 0.1) is 0 Å². The number of rotatable bonds is 6. The molecule has 1 amide bonds. The van der Waals surface area contributed by atoms with Gasteiger partial charge < -0.3 is 9.64 Å². The van der Waals surface area contributed by atoms with E-state index < -0.39 is 30.2 Å². The quantitative estimate of drug-likeness (QED) is 0.387. The molecule has 7 heteroatoms. The molecule has 0 bridgehead atoms. The summed E-state index contributed by atoms with van der Waals surface area (Å²) in [5.41, 5.74) is 0.0945. The van der Waals surface area contributed by atoms with Crippen LogP contribution in [0.2, 0.25) is 0 Å². The molecule has 0 heterocycles. The molecule has 3 aromatic rings. The highest BCUT2D eigenvalue weighted by molar-refractivity contribution is 6.04. The van der Waals surface area contributed by atoms with Crippen molar-refractivity contribution in [3.05, 3.63) is 83.9 Å². The molecular weight excluding hydrogens is 407 g/mol. The molecule has 0 aliphatic rings. The van der Waals surface area contributed by atoms with Crippen molar-refractivity contribution in [2.45, 2.75) is 13.1 Å². The Kier molecular flexibility index (Phi) is 6.74. The molecule has 160 valence electrons. The number of fused-ring (bicyclic) bond motifs is 1. The van der Waals surface area contributed by atoms with Crippen LogP contribution in [0.25, 0.3) is 16.8 Å². The van der Waals surface area contributed by atoms with Crippen LogP contribution in [0.15, 0.2) is 72.8 Å². The normalized spacial score (nSPS) is 11.6. The average molecular weight is 427 g/mol. The van der Waals surface area contributed by atoms with Crippen LogP contribution in [0.3, 0.4) is 0 Å². The summed E-state index contributed by atoms with van der Waals surface area (Å²) in [7, 11) is 0. The summed E-state index contributed by atoms with van der Waals surface area (Å²) in [6.45, 7) is 1.71. The zero-order valence-corrected chi connectivity index (χ0v) is 16.7. The molecule has 0 radical (unpaired) electrons. The molecule has 31 heavy (non-hydrogen) atoms. The van der Waals surface area contributed by atoms with Crippen molar-refractivity contribution in [3.63, 3.8) is 0 Å². The van der Waals surface area contributed by atoms with E-state index in [1.807, 2.05) is 49.4 Å². The summed E-state index contributed by atoms with van der Waals surface area (Å²) in [6, 6.07) is 17.8. The van der Waals surface area contributed by atoms with Crippen LogP contribution in [0.5, 0.6) is 0 Å². The van der Waals surface area contributed by atoms with Crippen LogP contribution in [-0.2, 0) is 20.5 Å². The molecular formula is C24H20F3NO3. The van der Waals surface area contributed by atoms with Gasteiger partial charge in [-0.25, -0.2) is 4.79 Å². The number of halogens is 3. The minimum atomic E-state index is -4.47. The molecule has 0 fully saturated rings. The van der Waals surface area contributed by atoms with E-state index in [-0.39, 0.29) is 5.56 Å². The Balaban J connectivity index is 1.65. The van der Waals surface area contributed by atoms with Gasteiger partial charge in [0.15, 0.2) is 6.61 Å². The third-order valence-corrected chi connectivity index (χ3v) is 4.64. The van der Waals surface area contributed by atoms with E-state index >= 15 is 0 Å². The van der Waals surface area contributed by atoms with Crippen molar-refractivity contribution in [2.75, 3.05) is 18.1 Å². The van der Waals surface area contributed by atoms with Crippen LogP contribution in [0.1, 0.15) is 18.1 Å². The van der Waals surface area contributed by atoms with Crippen LogP contribution >= 0.6 is 0 Å². The molecule has 4 nitrogen and oxygen atoms in total. The number of amides is 1. The van der Waals surface area contributed by atoms with Crippen molar-refractivity contribution in [1.82, 2.24) is 0 Å². The Morgan fingerprint density at radius 2 is 1.71 bits per heavy atom. The lowest BCUT2D eigenvalue weighted by Gasteiger charge is -2.22. The molecule has 0 aliphatic heterocycles. The number of likely N-dealkylation sites (N-methyl/N-ethyl adjacent to an activating group) is 1. The van der Waals surface area contributed by atoms with Gasteiger partial charge in [0, 0.05) is 18.0 Å². The fraction of sp³-hybridized carbons (Fsp3) is 0.167. The Bertz CT molecular complexity index is 1120. The molecule has 0 unspecified atom stereocenters. The number of carbonyl (C=O) groups is 2. The molecule has 0 spiro atoms. The summed E-state index contributed by atoms with van der Waals surface area (Å²) in [4.78, 5) is 26.1. The highest BCUT2D eigenvalue weighted by Gasteiger charge is 2.30. The van der Waals surface area contributed by atoms with Crippen molar-refractivity contribution < 1.29 is 27.5 Å². The first-order valence-electron chi connectivity index (χ1n) is 9.60. The Labute approximate surface area is 177 Å². The largest absolute Gasteiger partial charge is 0.452 e. The maximum atomic E-state index is 12.8. The molecule has 0 aromatic heterocycles. The van der Waals surface area contributed by atoms with Crippen molar-refractivity contribution in [3.8, 4) is 0 Å². The Morgan fingerprint density at radius 3 is 2.45 bits per heavy atom. The van der Waals surface area contributed by atoms with E-state index in [1.165, 1.54) is 23.1 Å². The Hall–Kier alpha value is -3.61. The lowest BCUT2D eigenvalue weighted by atomic mass is 10.1. The number of carbonyl (C=O) groups excluding carboxylic acids is 2. The van der Waals surface area contributed by atoms with E-state index in [2.05, 4.69) is 0 Å². The van der Waals surface area contributed by atoms with Crippen LogP contribution in [-0.4, -0.2) is 25.0 Å². The first-order chi connectivity index (χ1) is 14.8. The minimum absolute atomic E-state index is 0.198. The first kappa shape index (κ1) is 22.1. The predicted molar refractivity (Wildman–Crippen MR) is 113 cm³/mol. The molecule has 3 aromatic carbocycles. The van der Waals surface area contributed by atoms with Gasteiger partial charge in [0.05, 0.1) is 11.3 Å². The van der Waals surface area contributed by atoms with E-state index in [0.29, 0.717) is 12.2 Å². The average Bonchev–Trinajstić information content (AvgIpc) is 2.76. The number of benzene rings is 3. The highest BCUT2D eigenvalue weighted by atomic mass is 19.4. The number of ether oxygens (including phenoxy) is 1. The third kappa shape index (κ3) is 5.51. The smallest absolute Gasteiger partial charge is 0.416 e. The number of alkyl halides is 3. The van der Waals surface area contributed by atoms with E-state index in [0.717, 1.165) is 29.0 Å². The topological polar surface area (TPSA) is 46.6 Å². The maximum Gasteiger partial charge on any atom is 0.416 e. The number of anilines is 1. The second-order valence-electron chi connectivity index (χ2n) is 6.70. The molecule has 0 saturated heterocycles. The van der Waals surface area contributed by atoms with Gasteiger partial charge >= 0.3 is 12.1 Å². The van der Waals surface area contributed by atoms with Gasteiger partial charge in [-0.15, -0.1) is 0 Å². The zero-order valence-electron chi connectivity index (χ0n) is 16.7. The van der Waals surface area contributed by atoms with Crippen LogP contribution < -0.4 is 4.90 Å². The van der Waals surface area contributed by atoms with E-state index in [1.54, 1.807) is 0 Å². The van der Waals surface area contributed by atoms with Gasteiger partial charge in [0.25, 0.3) is 5.91 Å². The van der Waals surface area contributed by atoms with E-state index in [4.69, 9.17) is 4.74 Å². The summed E-state index contributed by atoms with van der Waals surface area (Å²) in [5, 5.41) is 1.88. The fourth-order valence-corrected chi connectivity index (χ4v) is 3.17. The van der Waals surface area contributed by atoms with Gasteiger partial charge in [0.2, 0.25) is 0 Å². The lowest BCUT2D eigenvalue weighted by Crippen LogP contribution is -2.34. The summed E-state index contributed by atoms with van der Waals surface area (Å²) in [5.74, 6) is -1.22. The Morgan fingerprint density at radius 1 is 1.00 bits per heavy atom. The summed E-state index contributed by atoms with van der Waals surface area (Å²) >= 11 is 0. The second-order valence-corrected chi connectivity index (χ2v) is 6.70. The number of nitrogens with zero attached hydrogens (tertiary/aromatic N) is 1. The fourth-order valence-electron chi connectivity index (χ4n) is 3.17. The van der Waals surface area contributed by atoms with Crippen molar-refractivity contribution in [2.24, 2.45) is 0 Å². The van der Waals surface area contributed by atoms with E-state index in [9.17, 15) is 22.8 Å². The third-order valence-electron chi connectivity index (χ3n) is 4.64. The maximum absolute atomic E-state index is 12.8. The number of hydrogen-bond acceptors (Lipinski definition) is 3.